The molecule has 0 aromatic heterocycles. The summed E-state index contributed by atoms with van der Waals surface area (Å²) in [5.74, 6) is 0.694. The van der Waals surface area contributed by atoms with E-state index in [1.54, 1.807) is 11.9 Å². The molecule has 1 fully saturated rings. The van der Waals surface area contributed by atoms with Crippen LogP contribution in [0.3, 0.4) is 0 Å². The molecule has 0 amide bonds. The molecular formula is C12H22F3NO. The van der Waals surface area contributed by atoms with Crippen molar-refractivity contribution in [1.29, 1.82) is 0 Å². The average Bonchev–Trinajstić information content (AvgIpc) is 2.11. The van der Waals surface area contributed by atoms with Crippen molar-refractivity contribution in [2.45, 2.75) is 51.4 Å². The molecule has 5 heteroatoms. The molecule has 1 rings (SSSR count). The monoisotopic (exact) mass is 253 g/mol. The van der Waals surface area contributed by atoms with Gasteiger partial charge in [-0.2, -0.15) is 13.2 Å². The van der Waals surface area contributed by atoms with Gasteiger partial charge >= 0.3 is 6.18 Å². The number of aliphatic hydroxyl groups is 1. The normalized spacial score (nSPS) is 35.3. The Balaban J connectivity index is 2.52. The predicted molar refractivity (Wildman–Crippen MR) is 60.7 cm³/mol. The van der Waals surface area contributed by atoms with E-state index in [1.165, 1.54) is 0 Å². The summed E-state index contributed by atoms with van der Waals surface area (Å²) in [6.07, 6.45) is -3.78. The first-order valence-corrected chi connectivity index (χ1v) is 6.15. The summed E-state index contributed by atoms with van der Waals surface area (Å²) in [4.78, 5) is 1.66. The number of alkyl halides is 3. The van der Waals surface area contributed by atoms with Gasteiger partial charge in [-0.15, -0.1) is 0 Å². The molecule has 17 heavy (non-hydrogen) atoms. The summed E-state index contributed by atoms with van der Waals surface area (Å²) >= 11 is 0. The molecule has 4 unspecified atom stereocenters. The maximum absolute atomic E-state index is 12.2. The van der Waals surface area contributed by atoms with Gasteiger partial charge in [-0.25, -0.2) is 0 Å². The predicted octanol–water partition coefficient (Wildman–Crippen LogP) is 2.67. The topological polar surface area (TPSA) is 23.5 Å². The van der Waals surface area contributed by atoms with Crippen LogP contribution in [0.15, 0.2) is 0 Å². The first-order chi connectivity index (χ1) is 7.70. The van der Waals surface area contributed by atoms with Crippen LogP contribution in [-0.4, -0.2) is 41.9 Å². The largest absolute Gasteiger partial charge is 0.391 e. The maximum atomic E-state index is 12.2. The molecule has 0 spiro atoms. The maximum Gasteiger partial charge on any atom is 0.390 e. The minimum absolute atomic E-state index is 0.0378. The van der Waals surface area contributed by atoms with E-state index >= 15 is 0 Å². The Bertz CT molecular complexity index is 232. The van der Waals surface area contributed by atoms with Gasteiger partial charge in [-0.05, 0) is 31.7 Å². The molecule has 0 aliphatic heterocycles. The van der Waals surface area contributed by atoms with Crippen molar-refractivity contribution in [2.75, 3.05) is 13.6 Å². The number of hydrogen-bond donors (Lipinski definition) is 1. The quantitative estimate of drug-likeness (QED) is 0.836. The fourth-order valence-electron chi connectivity index (χ4n) is 2.98. The van der Waals surface area contributed by atoms with Crippen molar-refractivity contribution in [3.05, 3.63) is 0 Å². The van der Waals surface area contributed by atoms with Gasteiger partial charge < -0.3 is 10.0 Å². The summed E-state index contributed by atoms with van der Waals surface area (Å²) in [5, 5.41) is 9.99. The van der Waals surface area contributed by atoms with Gasteiger partial charge in [0, 0.05) is 12.6 Å². The van der Waals surface area contributed by atoms with Crippen LogP contribution in [0.1, 0.15) is 33.1 Å². The number of nitrogens with zero attached hydrogens (tertiary/aromatic N) is 1. The lowest BCUT2D eigenvalue weighted by Crippen LogP contribution is -2.50. The van der Waals surface area contributed by atoms with Crippen LogP contribution in [0, 0.1) is 11.8 Å². The highest BCUT2D eigenvalue weighted by molar-refractivity contribution is 4.88. The number of likely N-dealkylation sites (N-methyl/N-ethyl adjacent to an activating group) is 1. The molecule has 0 aromatic rings. The van der Waals surface area contributed by atoms with Crippen LogP contribution in [0.25, 0.3) is 0 Å². The summed E-state index contributed by atoms with van der Waals surface area (Å²) < 4.78 is 36.5. The van der Waals surface area contributed by atoms with Gasteiger partial charge in [0.2, 0.25) is 0 Å². The van der Waals surface area contributed by atoms with Gasteiger partial charge in [0.25, 0.3) is 0 Å². The number of halogens is 3. The van der Waals surface area contributed by atoms with E-state index in [9.17, 15) is 18.3 Å². The first kappa shape index (κ1) is 14.8. The second-order valence-electron chi connectivity index (χ2n) is 5.46. The first-order valence-electron chi connectivity index (χ1n) is 6.15. The summed E-state index contributed by atoms with van der Waals surface area (Å²) in [6, 6.07) is -0.145. The molecule has 1 N–H and O–H groups in total. The number of aliphatic hydroxyl groups excluding tert-OH is 1. The Hall–Kier alpha value is -0.290. The highest BCUT2D eigenvalue weighted by Gasteiger charge is 2.36. The summed E-state index contributed by atoms with van der Waals surface area (Å²) in [7, 11) is 1.67. The zero-order chi connectivity index (χ0) is 13.2. The second kappa shape index (κ2) is 5.57. The Kier molecular flexibility index (Phi) is 4.84. The molecule has 0 radical (unpaired) electrons. The summed E-state index contributed by atoms with van der Waals surface area (Å²) in [6.45, 7) is 4.04. The van der Waals surface area contributed by atoms with Crippen molar-refractivity contribution in [3.8, 4) is 0 Å². The van der Waals surface area contributed by atoms with E-state index in [4.69, 9.17) is 0 Å². The van der Waals surface area contributed by atoms with Crippen LogP contribution in [-0.2, 0) is 0 Å². The molecule has 4 atom stereocenters. The molecule has 0 bridgehead atoms. The van der Waals surface area contributed by atoms with E-state index in [0.717, 1.165) is 6.42 Å². The van der Waals surface area contributed by atoms with Gasteiger partial charge in [0.1, 0.15) is 0 Å². The highest BCUT2D eigenvalue weighted by atomic mass is 19.4. The Morgan fingerprint density at radius 2 is 1.82 bits per heavy atom. The Morgan fingerprint density at radius 3 is 2.29 bits per heavy atom. The minimum atomic E-state index is -4.12. The minimum Gasteiger partial charge on any atom is -0.391 e. The van der Waals surface area contributed by atoms with Crippen LogP contribution >= 0.6 is 0 Å². The van der Waals surface area contributed by atoms with Crippen molar-refractivity contribution < 1.29 is 18.3 Å². The van der Waals surface area contributed by atoms with Crippen molar-refractivity contribution in [2.24, 2.45) is 11.8 Å². The Labute approximate surface area is 101 Å². The zero-order valence-corrected chi connectivity index (χ0v) is 10.7. The fourth-order valence-corrected chi connectivity index (χ4v) is 2.98. The van der Waals surface area contributed by atoms with Crippen LogP contribution in [0.2, 0.25) is 0 Å². The van der Waals surface area contributed by atoms with E-state index < -0.39 is 18.7 Å². The smallest absolute Gasteiger partial charge is 0.390 e. The number of hydrogen-bond acceptors (Lipinski definition) is 2. The highest BCUT2D eigenvalue weighted by Crippen LogP contribution is 2.32. The third-order valence-electron chi connectivity index (χ3n) is 3.65. The second-order valence-corrected chi connectivity index (χ2v) is 5.46. The lowest BCUT2D eigenvalue weighted by Gasteiger charge is -2.42. The molecule has 1 saturated carbocycles. The Morgan fingerprint density at radius 1 is 1.24 bits per heavy atom. The van der Waals surface area contributed by atoms with Crippen molar-refractivity contribution in [1.82, 2.24) is 4.90 Å². The van der Waals surface area contributed by atoms with Crippen molar-refractivity contribution >= 4 is 0 Å². The van der Waals surface area contributed by atoms with Gasteiger partial charge in [-0.3, -0.25) is 0 Å². The third kappa shape index (κ3) is 4.47. The molecule has 102 valence electrons. The molecule has 1 aliphatic carbocycles. The fraction of sp³-hybridized carbons (Fsp3) is 1.00. The van der Waals surface area contributed by atoms with Crippen LogP contribution in [0.4, 0.5) is 13.2 Å². The lowest BCUT2D eigenvalue weighted by atomic mass is 9.77. The van der Waals surface area contributed by atoms with E-state index in [0.29, 0.717) is 12.3 Å². The van der Waals surface area contributed by atoms with Gasteiger partial charge in [0.15, 0.2) is 0 Å². The van der Waals surface area contributed by atoms with Crippen LogP contribution < -0.4 is 0 Å². The number of rotatable bonds is 3. The summed E-state index contributed by atoms with van der Waals surface area (Å²) in [5.41, 5.74) is 0. The molecule has 0 saturated heterocycles. The standard InChI is InChI=1S/C12H22F3NO/c1-8-6-9(2)11(10(17)7-8)16(3)5-4-12(13,14)15/h8-11,17H,4-7H2,1-3H3. The van der Waals surface area contributed by atoms with Gasteiger partial charge in [0.05, 0.1) is 12.5 Å². The van der Waals surface area contributed by atoms with Crippen LogP contribution in [0.5, 0.6) is 0 Å². The molecular weight excluding hydrogens is 231 g/mol. The molecule has 0 heterocycles. The molecule has 2 nitrogen and oxygen atoms in total. The van der Waals surface area contributed by atoms with Crippen molar-refractivity contribution in [3.63, 3.8) is 0 Å². The van der Waals surface area contributed by atoms with E-state index in [1.807, 2.05) is 6.92 Å². The average molecular weight is 253 g/mol. The van der Waals surface area contributed by atoms with E-state index in [-0.39, 0.29) is 18.5 Å². The molecule has 0 aromatic carbocycles. The van der Waals surface area contributed by atoms with Gasteiger partial charge in [-0.1, -0.05) is 13.8 Å². The molecule has 1 aliphatic rings. The third-order valence-corrected chi connectivity index (χ3v) is 3.65. The van der Waals surface area contributed by atoms with E-state index in [2.05, 4.69) is 6.92 Å². The lowest BCUT2D eigenvalue weighted by molar-refractivity contribution is -0.141. The SMILES string of the molecule is CC1CC(C)C(N(C)CCC(F)(F)F)C(O)C1. The zero-order valence-electron chi connectivity index (χ0n) is 10.7.